The molecule has 1 heterocycles. The molecule has 6 heteroatoms. The summed E-state index contributed by atoms with van der Waals surface area (Å²) >= 11 is 6.01. The number of ether oxygens (including phenoxy) is 1. The maximum atomic E-state index is 8.32. The Bertz CT molecular complexity index is 623. The van der Waals surface area contributed by atoms with E-state index in [1.54, 1.807) is 0 Å². The molecule has 0 saturated heterocycles. The standard InChI is InChI=1S/C12H11ClN4O/c1-2-18-10-3-4-11-8(6-10)5-9(7-15-17-14)12(13)16-11/h3-6H,2,7H2,1H3. The van der Waals surface area contributed by atoms with E-state index in [0.717, 1.165) is 16.7 Å². The summed E-state index contributed by atoms with van der Waals surface area (Å²) in [6.07, 6.45) is 0. The molecule has 0 fully saturated rings. The van der Waals surface area contributed by atoms with Crippen molar-refractivity contribution in [3.63, 3.8) is 0 Å². The van der Waals surface area contributed by atoms with Crippen LogP contribution in [0, 0.1) is 0 Å². The number of benzene rings is 1. The first-order valence-electron chi connectivity index (χ1n) is 5.47. The van der Waals surface area contributed by atoms with Crippen molar-refractivity contribution in [2.75, 3.05) is 6.61 Å². The van der Waals surface area contributed by atoms with Gasteiger partial charge < -0.3 is 4.74 Å². The quantitative estimate of drug-likeness (QED) is 0.360. The molecule has 0 bridgehead atoms. The Kier molecular flexibility index (Phi) is 3.87. The molecule has 1 aromatic heterocycles. The molecular weight excluding hydrogens is 252 g/mol. The van der Waals surface area contributed by atoms with E-state index in [-0.39, 0.29) is 6.54 Å². The normalized spacial score (nSPS) is 10.1. The van der Waals surface area contributed by atoms with E-state index in [1.165, 1.54) is 0 Å². The molecule has 0 unspecified atom stereocenters. The van der Waals surface area contributed by atoms with Gasteiger partial charge in [0.2, 0.25) is 0 Å². The highest BCUT2D eigenvalue weighted by atomic mass is 35.5. The zero-order chi connectivity index (χ0) is 13.0. The van der Waals surface area contributed by atoms with Gasteiger partial charge in [0.25, 0.3) is 0 Å². The number of halogens is 1. The highest BCUT2D eigenvalue weighted by Gasteiger charge is 2.05. The summed E-state index contributed by atoms with van der Waals surface area (Å²) in [4.78, 5) is 6.97. The molecule has 0 saturated carbocycles. The van der Waals surface area contributed by atoms with Crippen molar-refractivity contribution in [3.05, 3.63) is 45.4 Å². The molecule has 5 nitrogen and oxygen atoms in total. The highest BCUT2D eigenvalue weighted by Crippen LogP contribution is 2.24. The SMILES string of the molecule is CCOc1ccc2nc(Cl)c(CN=[N+]=[N-])cc2c1. The molecule has 0 N–H and O–H groups in total. The number of pyridine rings is 1. The lowest BCUT2D eigenvalue weighted by Gasteiger charge is -2.06. The minimum atomic E-state index is 0.192. The maximum Gasteiger partial charge on any atom is 0.133 e. The molecule has 18 heavy (non-hydrogen) atoms. The highest BCUT2D eigenvalue weighted by molar-refractivity contribution is 6.30. The number of azide groups is 1. The Morgan fingerprint density at radius 1 is 1.44 bits per heavy atom. The fraction of sp³-hybridized carbons (Fsp3) is 0.250. The van der Waals surface area contributed by atoms with Crippen LogP contribution < -0.4 is 4.74 Å². The van der Waals surface area contributed by atoms with Crippen LogP contribution >= 0.6 is 11.6 Å². The van der Waals surface area contributed by atoms with Crippen LogP contribution in [0.3, 0.4) is 0 Å². The van der Waals surface area contributed by atoms with E-state index in [2.05, 4.69) is 15.0 Å². The number of rotatable bonds is 4. The molecule has 2 rings (SSSR count). The Balaban J connectivity index is 2.48. The second-order valence-corrected chi connectivity index (χ2v) is 3.97. The lowest BCUT2D eigenvalue weighted by atomic mass is 10.1. The van der Waals surface area contributed by atoms with Crippen LogP contribution in [0.25, 0.3) is 21.3 Å². The van der Waals surface area contributed by atoms with Gasteiger partial charge in [-0.1, -0.05) is 16.7 Å². The van der Waals surface area contributed by atoms with Crippen LogP contribution in [-0.2, 0) is 6.54 Å². The number of hydrogen-bond acceptors (Lipinski definition) is 3. The third kappa shape index (κ3) is 2.64. The van der Waals surface area contributed by atoms with Crippen molar-refractivity contribution < 1.29 is 4.74 Å². The van der Waals surface area contributed by atoms with E-state index in [4.69, 9.17) is 21.9 Å². The van der Waals surface area contributed by atoms with Crippen LogP contribution in [0.5, 0.6) is 5.75 Å². The average molecular weight is 263 g/mol. The first kappa shape index (κ1) is 12.5. The first-order valence-corrected chi connectivity index (χ1v) is 5.85. The topological polar surface area (TPSA) is 70.9 Å². The molecule has 0 amide bonds. The van der Waals surface area contributed by atoms with E-state index < -0.39 is 0 Å². The van der Waals surface area contributed by atoms with Crippen LogP contribution in [0.2, 0.25) is 5.15 Å². The van der Waals surface area contributed by atoms with Crippen LogP contribution in [0.4, 0.5) is 0 Å². The second-order valence-electron chi connectivity index (χ2n) is 3.61. The molecule has 0 atom stereocenters. The van der Waals surface area contributed by atoms with Gasteiger partial charge in [-0.15, -0.1) is 0 Å². The summed E-state index contributed by atoms with van der Waals surface area (Å²) in [7, 11) is 0. The van der Waals surface area contributed by atoms with Gasteiger partial charge in [0, 0.05) is 10.3 Å². The van der Waals surface area contributed by atoms with Crippen LogP contribution in [-0.4, -0.2) is 11.6 Å². The van der Waals surface area contributed by atoms with Gasteiger partial charge in [0.1, 0.15) is 10.9 Å². The fourth-order valence-electron chi connectivity index (χ4n) is 1.65. The molecule has 0 aliphatic rings. The summed E-state index contributed by atoms with van der Waals surface area (Å²) in [6.45, 7) is 2.73. The molecular formula is C12H11ClN4O. The summed E-state index contributed by atoms with van der Waals surface area (Å²) < 4.78 is 5.42. The van der Waals surface area contributed by atoms with Crippen molar-refractivity contribution in [2.24, 2.45) is 5.11 Å². The van der Waals surface area contributed by atoms with Gasteiger partial charge in [-0.3, -0.25) is 0 Å². The largest absolute Gasteiger partial charge is 0.494 e. The second kappa shape index (κ2) is 5.58. The minimum Gasteiger partial charge on any atom is -0.494 e. The maximum absolute atomic E-state index is 8.32. The third-order valence-electron chi connectivity index (χ3n) is 2.43. The van der Waals surface area contributed by atoms with Crippen molar-refractivity contribution >= 4 is 22.5 Å². The Hall–Kier alpha value is -1.97. The summed E-state index contributed by atoms with van der Waals surface area (Å²) in [5.41, 5.74) is 9.81. The molecule has 92 valence electrons. The van der Waals surface area contributed by atoms with Gasteiger partial charge in [-0.25, -0.2) is 4.98 Å². The van der Waals surface area contributed by atoms with Crippen molar-refractivity contribution in [3.8, 4) is 5.75 Å². The predicted molar refractivity (Wildman–Crippen MR) is 70.8 cm³/mol. The van der Waals surface area contributed by atoms with Gasteiger partial charge in [0.15, 0.2) is 0 Å². The Morgan fingerprint density at radius 3 is 3.00 bits per heavy atom. The Morgan fingerprint density at radius 2 is 2.28 bits per heavy atom. The van der Waals surface area contributed by atoms with Gasteiger partial charge >= 0.3 is 0 Å². The molecule has 0 aliphatic carbocycles. The average Bonchev–Trinajstić information content (AvgIpc) is 2.37. The smallest absolute Gasteiger partial charge is 0.133 e. The zero-order valence-corrected chi connectivity index (χ0v) is 10.6. The van der Waals surface area contributed by atoms with E-state index in [0.29, 0.717) is 17.3 Å². The van der Waals surface area contributed by atoms with Gasteiger partial charge in [-0.05, 0) is 42.3 Å². The van der Waals surface area contributed by atoms with Crippen LogP contribution in [0.1, 0.15) is 12.5 Å². The summed E-state index contributed by atoms with van der Waals surface area (Å²) in [5.74, 6) is 0.781. The monoisotopic (exact) mass is 262 g/mol. The fourth-order valence-corrected chi connectivity index (χ4v) is 1.86. The summed E-state index contributed by atoms with van der Waals surface area (Å²) in [5, 5.41) is 4.76. The van der Waals surface area contributed by atoms with E-state index in [9.17, 15) is 0 Å². The van der Waals surface area contributed by atoms with Gasteiger partial charge in [0.05, 0.1) is 18.7 Å². The zero-order valence-electron chi connectivity index (χ0n) is 9.80. The minimum absolute atomic E-state index is 0.192. The number of fused-ring (bicyclic) bond motifs is 1. The van der Waals surface area contributed by atoms with E-state index in [1.807, 2.05) is 31.2 Å². The van der Waals surface area contributed by atoms with E-state index >= 15 is 0 Å². The van der Waals surface area contributed by atoms with Gasteiger partial charge in [-0.2, -0.15) is 0 Å². The van der Waals surface area contributed by atoms with Crippen molar-refractivity contribution in [1.29, 1.82) is 0 Å². The lowest BCUT2D eigenvalue weighted by Crippen LogP contribution is -1.93. The van der Waals surface area contributed by atoms with Crippen molar-refractivity contribution in [2.45, 2.75) is 13.5 Å². The third-order valence-corrected chi connectivity index (χ3v) is 2.75. The molecule has 0 spiro atoms. The Labute approximate surface area is 109 Å². The molecule has 0 radical (unpaired) electrons. The lowest BCUT2D eigenvalue weighted by molar-refractivity contribution is 0.340. The molecule has 0 aliphatic heterocycles. The number of hydrogen-bond donors (Lipinski definition) is 0. The number of aromatic nitrogens is 1. The van der Waals surface area contributed by atoms with Crippen LogP contribution in [0.15, 0.2) is 29.4 Å². The molecule has 2 aromatic rings. The molecule has 1 aromatic carbocycles. The predicted octanol–water partition coefficient (Wildman–Crippen LogP) is 4.10. The van der Waals surface area contributed by atoms with Crippen molar-refractivity contribution in [1.82, 2.24) is 4.98 Å². The summed E-state index contributed by atoms with van der Waals surface area (Å²) in [6, 6.07) is 7.45. The first-order chi connectivity index (χ1) is 8.74. The number of nitrogens with zero attached hydrogens (tertiary/aromatic N) is 4.